The van der Waals surface area contributed by atoms with Crippen molar-refractivity contribution in [3.05, 3.63) is 42.6 Å². The number of hydrogen-bond donors (Lipinski definition) is 0. The summed E-state index contributed by atoms with van der Waals surface area (Å²) in [6.07, 6.45) is 3.09. The molecule has 0 aliphatic carbocycles. The molecule has 0 saturated carbocycles. The highest BCUT2D eigenvalue weighted by Gasteiger charge is 2.45. The Kier molecular flexibility index (Phi) is 3.99. The molecule has 0 N–H and O–H groups in total. The van der Waals surface area contributed by atoms with Crippen LogP contribution in [0.15, 0.2) is 36.8 Å². The second-order valence-corrected chi connectivity index (χ2v) is 7.32. The van der Waals surface area contributed by atoms with Crippen LogP contribution in [0.2, 0.25) is 0 Å². The highest BCUT2D eigenvalue weighted by Crippen LogP contribution is 2.39. The molecule has 4 heterocycles. The maximum atomic E-state index is 13.5. The van der Waals surface area contributed by atoms with Crippen molar-refractivity contribution in [1.29, 1.82) is 0 Å². The Balaban J connectivity index is 1.69. The fourth-order valence-corrected chi connectivity index (χ4v) is 3.84. The number of benzene rings is 1. The van der Waals surface area contributed by atoms with Crippen molar-refractivity contribution >= 4 is 11.3 Å². The molecule has 1 saturated heterocycles. The van der Waals surface area contributed by atoms with Crippen LogP contribution in [-0.2, 0) is 7.05 Å². The number of fused-ring (bicyclic) bond motifs is 1. The molecule has 5 rings (SSSR count). The van der Waals surface area contributed by atoms with Gasteiger partial charge in [-0.05, 0) is 31.2 Å². The van der Waals surface area contributed by atoms with E-state index in [1.807, 2.05) is 38.2 Å². The summed E-state index contributed by atoms with van der Waals surface area (Å²) in [7, 11) is 3.47. The van der Waals surface area contributed by atoms with Crippen molar-refractivity contribution in [2.75, 3.05) is 25.1 Å². The maximum Gasteiger partial charge on any atom is 0.282 e. The normalized spacial score (nSPS) is 15.4. The zero-order chi connectivity index (χ0) is 21.0. The van der Waals surface area contributed by atoms with Crippen molar-refractivity contribution in [1.82, 2.24) is 29.4 Å². The summed E-state index contributed by atoms with van der Waals surface area (Å²) < 4.78 is 35.7. The Morgan fingerprint density at radius 1 is 1.10 bits per heavy atom. The molecule has 154 valence electrons. The number of anilines is 1. The molecular formula is C20H19F2N7O. The topological polar surface area (TPSA) is 73.4 Å². The predicted molar refractivity (Wildman–Crippen MR) is 107 cm³/mol. The van der Waals surface area contributed by atoms with E-state index in [0.717, 1.165) is 22.6 Å². The molecule has 0 spiro atoms. The third kappa shape index (κ3) is 2.78. The molecule has 0 amide bonds. The average Bonchev–Trinajstić information content (AvgIpc) is 3.26. The van der Waals surface area contributed by atoms with Gasteiger partial charge in [0.15, 0.2) is 5.82 Å². The van der Waals surface area contributed by atoms with E-state index >= 15 is 0 Å². The number of aromatic nitrogens is 6. The molecule has 1 aliphatic heterocycles. The molecule has 10 heteroatoms. The first-order valence-corrected chi connectivity index (χ1v) is 9.38. The van der Waals surface area contributed by atoms with Crippen LogP contribution in [0.25, 0.3) is 28.0 Å². The fourth-order valence-electron chi connectivity index (χ4n) is 3.84. The van der Waals surface area contributed by atoms with Crippen molar-refractivity contribution in [2.24, 2.45) is 7.05 Å². The summed E-state index contributed by atoms with van der Waals surface area (Å²) in [5.74, 6) is -0.878. The minimum Gasteiger partial charge on any atom is -0.497 e. The van der Waals surface area contributed by atoms with E-state index in [1.54, 1.807) is 27.4 Å². The molecule has 1 aromatic carbocycles. The average molecular weight is 411 g/mol. The molecule has 30 heavy (non-hydrogen) atoms. The zero-order valence-corrected chi connectivity index (χ0v) is 16.7. The fraction of sp³-hybridized carbons (Fsp3) is 0.300. The van der Waals surface area contributed by atoms with E-state index in [0.29, 0.717) is 22.9 Å². The lowest BCUT2D eigenvalue weighted by Gasteiger charge is -2.39. The van der Waals surface area contributed by atoms with E-state index in [-0.39, 0.29) is 13.1 Å². The lowest BCUT2D eigenvalue weighted by Crippen LogP contribution is -2.56. The highest BCUT2D eigenvalue weighted by molar-refractivity contribution is 5.92. The summed E-state index contributed by atoms with van der Waals surface area (Å²) >= 11 is 0. The number of alkyl halides is 2. The molecule has 0 unspecified atom stereocenters. The first-order valence-electron chi connectivity index (χ1n) is 9.38. The number of methoxy groups -OCH3 is 1. The summed E-state index contributed by atoms with van der Waals surface area (Å²) in [5, 5.41) is 8.70. The lowest BCUT2D eigenvalue weighted by atomic mass is 10.0. The van der Waals surface area contributed by atoms with Crippen LogP contribution < -0.4 is 9.64 Å². The number of rotatable bonds is 4. The van der Waals surface area contributed by atoms with Gasteiger partial charge in [0.1, 0.15) is 29.1 Å². The van der Waals surface area contributed by atoms with Gasteiger partial charge in [-0.25, -0.2) is 23.3 Å². The van der Waals surface area contributed by atoms with Crippen molar-refractivity contribution < 1.29 is 13.5 Å². The second-order valence-electron chi connectivity index (χ2n) is 7.32. The third-order valence-corrected chi connectivity index (χ3v) is 5.28. The van der Waals surface area contributed by atoms with Gasteiger partial charge in [0.25, 0.3) is 5.92 Å². The van der Waals surface area contributed by atoms with Gasteiger partial charge >= 0.3 is 0 Å². The van der Waals surface area contributed by atoms with Crippen LogP contribution in [0.1, 0.15) is 5.82 Å². The molecule has 8 nitrogen and oxygen atoms in total. The minimum absolute atomic E-state index is 0.373. The Hall–Kier alpha value is -3.56. The van der Waals surface area contributed by atoms with Crippen LogP contribution in [-0.4, -0.2) is 55.5 Å². The Bertz CT molecular complexity index is 1240. The number of imidazole rings is 1. The molecule has 0 bridgehead atoms. The molecule has 0 radical (unpaired) electrons. The smallest absolute Gasteiger partial charge is 0.282 e. The van der Waals surface area contributed by atoms with Gasteiger partial charge in [-0.3, -0.25) is 4.68 Å². The van der Waals surface area contributed by atoms with Gasteiger partial charge in [0.05, 0.1) is 32.1 Å². The summed E-state index contributed by atoms with van der Waals surface area (Å²) in [4.78, 5) is 10.5. The number of ether oxygens (including phenoxy) is 1. The number of halogens is 2. The van der Waals surface area contributed by atoms with Crippen LogP contribution in [0.4, 0.5) is 14.6 Å². The van der Waals surface area contributed by atoms with E-state index in [2.05, 4.69) is 15.2 Å². The van der Waals surface area contributed by atoms with E-state index in [4.69, 9.17) is 9.72 Å². The summed E-state index contributed by atoms with van der Waals surface area (Å²) in [6.45, 7) is 1.07. The van der Waals surface area contributed by atoms with Crippen LogP contribution in [0, 0.1) is 6.92 Å². The number of aryl methyl sites for hydroxylation is 2. The molecule has 3 aromatic heterocycles. The summed E-state index contributed by atoms with van der Waals surface area (Å²) in [6, 6.07) is 7.63. The highest BCUT2D eigenvalue weighted by atomic mass is 19.3. The summed E-state index contributed by atoms with van der Waals surface area (Å²) in [5.41, 5.74) is 3.75. The van der Waals surface area contributed by atoms with Gasteiger partial charge in [0.2, 0.25) is 0 Å². The number of hydrogen-bond acceptors (Lipinski definition) is 6. The van der Waals surface area contributed by atoms with Gasteiger partial charge in [-0.2, -0.15) is 10.2 Å². The van der Waals surface area contributed by atoms with Crippen molar-refractivity contribution in [3.8, 4) is 28.3 Å². The Labute approximate surface area is 170 Å². The molecule has 1 aliphatic rings. The number of nitrogens with zero attached hydrogens (tertiary/aromatic N) is 7. The standard InChI is InChI=1S/C20H19F2N7O/c1-12-26-16(18-19(23-11-25-29(12)18)28-9-20(21,22)10-28)15-8-24-27(2)17(15)13-4-6-14(30-3)7-5-13/h4-8,11H,9-10H2,1-3H3. The maximum absolute atomic E-state index is 13.5. The van der Waals surface area contributed by atoms with Crippen LogP contribution >= 0.6 is 0 Å². The van der Waals surface area contributed by atoms with E-state index in [9.17, 15) is 8.78 Å². The first-order chi connectivity index (χ1) is 14.4. The lowest BCUT2D eigenvalue weighted by molar-refractivity contribution is -0.0265. The molecular weight excluding hydrogens is 392 g/mol. The van der Waals surface area contributed by atoms with E-state index in [1.165, 1.54) is 6.33 Å². The quantitative estimate of drug-likeness (QED) is 0.514. The molecule has 4 aromatic rings. The molecule has 0 atom stereocenters. The van der Waals surface area contributed by atoms with Crippen LogP contribution in [0.3, 0.4) is 0 Å². The van der Waals surface area contributed by atoms with Gasteiger partial charge < -0.3 is 9.64 Å². The SMILES string of the molecule is COc1ccc(-c2c(-c3nc(C)n4ncnc(N5CC(F)(F)C5)c34)cnn2C)cc1. The third-order valence-electron chi connectivity index (χ3n) is 5.28. The minimum atomic E-state index is -2.71. The zero-order valence-electron chi connectivity index (χ0n) is 16.7. The van der Waals surface area contributed by atoms with Gasteiger partial charge in [0, 0.05) is 18.2 Å². The predicted octanol–water partition coefficient (Wildman–Crippen LogP) is 2.96. The largest absolute Gasteiger partial charge is 0.497 e. The Morgan fingerprint density at radius 2 is 1.83 bits per heavy atom. The Morgan fingerprint density at radius 3 is 2.50 bits per heavy atom. The van der Waals surface area contributed by atoms with Crippen molar-refractivity contribution in [3.63, 3.8) is 0 Å². The second kappa shape index (κ2) is 6.48. The van der Waals surface area contributed by atoms with Gasteiger partial charge in [-0.1, -0.05) is 0 Å². The van der Waals surface area contributed by atoms with E-state index < -0.39 is 5.92 Å². The van der Waals surface area contributed by atoms with Crippen molar-refractivity contribution in [2.45, 2.75) is 12.8 Å². The molecule has 1 fully saturated rings. The van der Waals surface area contributed by atoms with Gasteiger partial charge in [-0.15, -0.1) is 0 Å². The monoisotopic (exact) mass is 411 g/mol. The first kappa shape index (κ1) is 18.5. The van der Waals surface area contributed by atoms with Crippen LogP contribution in [0.5, 0.6) is 5.75 Å².